The number of rotatable bonds is 3. The van der Waals surface area contributed by atoms with Crippen LogP contribution in [0.5, 0.6) is 0 Å². The van der Waals surface area contributed by atoms with Gasteiger partial charge in [-0.1, -0.05) is 45.7 Å². The maximum absolute atomic E-state index is 5.72. The summed E-state index contributed by atoms with van der Waals surface area (Å²) in [5, 5.41) is 0. The van der Waals surface area contributed by atoms with Crippen molar-refractivity contribution in [2.24, 2.45) is 17.8 Å². The number of allylic oxidation sites excluding steroid dienone is 1. The van der Waals surface area contributed by atoms with Crippen molar-refractivity contribution in [1.29, 1.82) is 0 Å². The van der Waals surface area contributed by atoms with Gasteiger partial charge in [-0.15, -0.1) is 0 Å². The number of halogens is 2. The normalized spacial score (nSPS) is 33.2. The molecule has 0 atom stereocenters. The molecule has 2 saturated carbocycles. The van der Waals surface area contributed by atoms with Gasteiger partial charge < -0.3 is 0 Å². The van der Waals surface area contributed by atoms with Gasteiger partial charge in [-0.2, -0.15) is 0 Å². The first-order valence-corrected chi connectivity index (χ1v) is 10.0. The van der Waals surface area contributed by atoms with Gasteiger partial charge >= 0.3 is 0 Å². The lowest BCUT2D eigenvalue weighted by Gasteiger charge is -2.37. The summed E-state index contributed by atoms with van der Waals surface area (Å²) >= 11 is 9.25. The van der Waals surface area contributed by atoms with Crippen molar-refractivity contribution < 1.29 is 0 Å². The van der Waals surface area contributed by atoms with Crippen molar-refractivity contribution in [3.05, 3.63) is 45.9 Å². The van der Waals surface area contributed by atoms with Gasteiger partial charge in [-0.25, -0.2) is 0 Å². The van der Waals surface area contributed by atoms with E-state index in [1.807, 2.05) is 0 Å². The molecule has 0 aliphatic heterocycles. The van der Waals surface area contributed by atoms with Crippen LogP contribution in [-0.2, 0) is 0 Å². The minimum atomic E-state index is 0.743. The summed E-state index contributed by atoms with van der Waals surface area (Å²) in [5.41, 5.74) is 3.26. The van der Waals surface area contributed by atoms with Crippen molar-refractivity contribution in [3.8, 4) is 0 Å². The maximum Gasteiger partial charge on any atom is 0.0175 e. The molecular formula is C20H26BrCl. The Morgan fingerprint density at radius 3 is 1.91 bits per heavy atom. The Balaban J connectivity index is 1.49. The molecule has 2 heteroatoms. The predicted octanol–water partition coefficient (Wildman–Crippen LogP) is 7.28. The van der Waals surface area contributed by atoms with E-state index in [4.69, 9.17) is 11.6 Å². The molecule has 2 fully saturated rings. The van der Waals surface area contributed by atoms with Crippen molar-refractivity contribution in [2.75, 3.05) is 0 Å². The topological polar surface area (TPSA) is 0 Å². The van der Waals surface area contributed by atoms with Crippen LogP contribution < -0.4 is 0 Å². The SMILES string of the molecule is Cl/C=C/C1CCC(C2CCC(c3ccc(Br)cc3)CC2)CC1. The Labute approximate surface area is 148 Å². The molecule has 0 saturated heterocycles. The van der Waals surface area contributed by atoms with Crippen LogP contribution in [0, 0.1) is 17.8 Å². The lowest BCUT2D eigenvalue weighted by atomic mass is 9.68. The van der Waals surface area contributed by atoms with Crippen molar-refractivity contribution in [3.63, 3.8) is 0 Å². The molecule has 2 aliphatic rings. The Hall–Kier alpha value is -0.270. The monoisotopic (exact) mass is 380 g/mol. The van der Waals surface area contributed by atoms with E-state index in [0.717, 1.165) is 23.7 Å². The van der Waals surface area contributed by atoms with Crippen LogP contribution in [-0.4, -0.2) is 0 Å². The van der Waals surface area contributed by atoms with Crippen LogP contribution in [0.15, 0.2) is 40.3 Å². The third-order valence-electron chi connectivity index (χ3n) is 5.94. The van der Waals surface area contributed by atoms with Crippen LogP contribution >= 0.6 is 27.5 Å². The maximum atomic E-state index is 5.72. The first-order chi connectivity index (χ1) is 10.8. The molecule has 120 valence electrons. The minimum Gasteiger partial charge on any atom is -0.0933 e. The van der Waals surface area contributed by atoms with Gasteiger partial charge in [0.25, 0.3) is 0 Å². The average molecular weight is 382 g/mol. The molecule has 0 aromatic heterocycles. The zero-order valence-corrected chi connectivity index (χ0v) is 15.5. The van der Waals surface area contributed by atoms with Crippen LogP contribution in [0.4, 0.5) is 0 Å². The quantitative estimate of drug-likeness (QED) is 0.516. The summed E-state index contributed by atoms with van der Waals surface area (Å²) < 4.78 is 1.19. The summed E-state index contributed by atoms with van der Waals surface area (Å²) in [6.07, 6.45) is 13.4. The minimum absolute atomic E-state index is 0.743. The first-order valence-electron chi connectivity index (χ1n) is 8.78. The molecule has 0 heterocycles. The van der Waals surface area contributed by atoms with Gasteiger partial charge in [0, 0.05) is 10.0 Å². The third-order valence-corrected chi connectivity index (χ3v) is 6.62. The zero-order chi connectivity index (χ0) is 15.4. The Morgan fingerprint density at radius 2 is 1.36 bits per heavy atom. The highest BCUT2D eigenvalue weighted by Crippen LogP contribution is 2.44. The second kappa shape index (κ2) is 8.02. The fourth-order valence-corrected chi connectivity index (χ4v) is 5.04. The molecule has 0 bridgehead atoms. The van der Waals surface area contributed by atoms with Gasteiger partial charge in [-0.05, 0) is 92.7 Å². The van der Waals surface area contributed by atoms with Gasteiger partial charge in [0.15, 0.2) is 0 Å². The Bertz CT molecular complexity index is 477. The summed E-state index contributed by atoms with van der Waals surface area (Å²) in [7, 11) is 0. The highest BCUT2D eigenvalue weighted by atomic mass is 79.9. The molecule has 0 amide bonds. The lowest BCUT2D eigenvalue weighted by molar-refractivity contribution is 0.171. The van der Waals surface area contributed by atoms with E-state index in [0.29, 0.717) is 0 Å². The number of hydrogen-bond acceptors (Lipinski definition) is 0. The molecule has 0 radical (unpaired) electrons. The van der Waals surface area contributed by atoms with Gasteiger partial charge in [0.05, 0.1) is 0 Å². The number of benzene rings is 1. The molecule has 0 spiro atoms. The molecule has 0 nitrogen and oxygen atoms in total. The van der Waals surface area contributed by atoms with Gasteiger partial charge in [0.1, 0.15) is 0 Å². The Kier molecular flexibility index (Phi) is 6.04. The van der Waals surface area contributed by atoms with Gasteiger partial charge in [-0.3, -0.25) is 0 Å². The molecule has 3 rings (SSSR count). The van der Waals surface area contributed by atoms with E-state index in [1.54, 1.807) is 5.54 Å². The van der Waals surface area contributed by atoms with Crippen LogP contribution in [0.2, 0.25) is 0 Å². The number of hydrogen-bond donors (Lipinski definition) is 0. The van der Waals surface area contributed by atoms with E-state index in [1.165, 1.54) is 61.4 Å². The summed E-state index contributed by atoms with van der Waals surface area (Å²) in [6.45, 7) is 0. The van der Waals surface area contributed by atoms with Crippen molar-refractivity contribution in [1.82, 2.24) is 0 Å². The lowest BCUT2D eigenvalue weighted by Crippen LogP contribution is -2.25. The average Bonchev–Trinajstić information content (AvgIpc) is 2.57. The second-order valence-corrected chi connectivity index (χ2v) is 8.32. The fraction of sp³-hybridized carbons (Fsp3) is 0.600. The molecule has 0 unspecified atom stereocenters. The van der Waals surface area contributed by atoms with Crippen molar-refractivity contribution >= 4 is 27.5 Å². The van der Waals surface area contributed by atoms with Gasteiger partial charge in [0.2, 0.25) is 0 Å². The smallest absolute Gasteiger partial charge is 0.0175 e. The molecule has 1 aromatic rings. The molecule has 0 N–H and O–H groups in total. The molecule has 2 aliphatic carbocycles. The van der Waals surface area contributed by atoms with E-state index in [2.05, 4.69) is 46.3 Å². The van der Waals surface area contributed by atoms with E-state index < -0.39 is 0 Å². The van der Waals surface area contributed by atoms with E-state index in [-0.39, 0.29) is 0 Å². The van der Waals surface area contributed by atoms with Crippen LogP contribution in [0.3, 0.4) is 0 Å². The predicted molar refractivity (Wildman–Crippen MR) is 99.3 cm³/mol. The largest absolute Gasteiger partial charge is 0.0933 e. The zero-order valence-electron chi connectivity index (χ0n) is 13.2. The highest BCUT2D eigenvalue weighted by Gasteiger charge is 2.30. The summed E-state index contributed by atoms with van der Waals surface area (Å²) in [5.74, 6) is 3.49. The second-order valence-electron chi connectivity index (χ2n) is 7.16. The fourth-order valence-electron chi connectivity index (χ4n) is 4.57. The third kappa shape index (κ3) is 4.17. The van der Waals surface area contributed by atoms with Crippen molar-refractivity contribution in [2.45, 2.75) is 57.3 Å². The molecule has 1 aromatic carbocycles. The first kappa shape index (κ1) is 16.6. The standard InChI is InChI=1S/C20H26BrCl/c21-20-11-9-19(10-12-20)18-7-5-17(6-8-18)16-3-1-15(2-4-16)13-14-22/h9-18H,1-8H2/b14-13+. The van der Waals surface area contributed by atoms with E-state index in [9.17, 15) is 0 Å². The van der Waals surface area contributed by atoms with Crippen LogP contribution in [0.25, 0.3) is 0 Å². The van der Waals surface area contributed by atoms with E-state index >= 15 is 0 Å². The van der Waals surface area contributed by atoms with Crippen LogP contribution in [0.1, 0.15) is 62.8 Å². The Morgan fingerprint density at radius 1 is 0.818 bits per heavy atom. The molecular weight excluding hydrogens is 356 g/mol. The highest BCUT2D eigenvalue weighted by molar-refractivity contribution is 9.10. The summed E-state index contributed by atoms with van der Waals surface area (Å²) in [4.78, 5) is 0. The molecule has 22 heavy (non-hydrogen) atoms. The summed E-state index contributed by atoms with van der Waals surface area (Å²) in [6, 6.07) is 8.98.